The molecule has 0 spiro atoms. The van der Waals surface area contributed by atoms with E-state index in [9.17, 15) is 9.90 Å². The molecule has 1 amide bonds. The zero-order valence-corrected chi connectivity index (χ0v) is 12.7. The van der Waals surface area contributed by atoms with Gasteiger partial charge in [0.05, 0.1) is 0 Å². The molecule has 110 valence electrons. The van der Waals surface area contributed by atoms with Gasteiger partial charge in [-0.25, -0.2) is 0 Å². The lowest BCUT2D eigenvalue weighted by Crippen LogP contribution is -2.44. The van der Waals surface area contributed by atoms with Crippen LogP contribution in [0, 0.1) is 0 Å². The summed E-state index contributed by atoms with van der Waals surface area (Å²) in [6.07, 6.45) is 1.87. The van der Waals surface area contributed by atoms with Gasteiger partial charge in [-0.2, -0.15) is 0 Å². The molecule has 2 N–H and O–H groups in total. The van der Waals surface area contributed by atoms with Gasteiger partial charge in [0.15, 0.2) is 0 Å². The molecule has 1 aliphatic rings. The first-order chi connectivity index (χ1) is 9.47. The van der Waals surface area contributed by atoms with Gasteiger partial charge in [0, 0.05) is 42.7 Å². The van der Waals surface area contributed by atoms with Crippen molar-refractivity contribution < 1.29 is 9.90 Å². The largest absolute Gasteiger partial charge is 0.508 e. The molecule has 1 atom stereocenters. The molecule has 0 aliphatic carbocycles. The van der Waals surface area contributed by atoms with Gasteiger partial charge >= 0.3 is 0 Å². The fraction of sp³-hybridized carbons (Fsp3) is 0.533. The maximum atomic E-state index is 11.1. The third-order valence-corrected chi connectivity index (χ3v) is 4.16. The third-order valence-electron chi connectivity index (χ3n) is 3.92. The zero-order chi connectivity index (χ0) is 14.7. The molecular formula is C15H21ClN2O2. The number of aromatic hydroxyl groups is 1. The maximum absolute atomic E-state index is 11.1. The van der Waals surface area contributed by atoms with Crippen LogP contribution >= 0.6 is 11.6 Å². The van der Waals surface area contributed by atoms with E-state index in [4.69, 9.17) is 11.6 Å². The first-order valence-corrected chi connectivity index (χ1v) is 7.34. The number of hydrogen-bond acceptors (Lipinski definition) is 3. The van der Waals surface area contributed by atoms with E-state index in [1.165, 1.54) is 0 Å². The summed E-state index contributed by atoms with van der Waals surface area (Å²) in [5, 5.41) is 13.6. The van der Waals surface area contributed by atoms with E-state index < -0.39 is 0 Å². The van der Waals surface area contributed by atoms with Crippen LogP contribution in [0.4, 0.5) is 0 Å². The lowest BCUT2D eigenvalue weighted by Gasteiger charge is -2.36. The molecule has 4 nitrogen and oxygen atoms in total. The van der Waals surface area contributed by atoms with Crippen LogP contribution in [-0.2, 0) is 4.79 Å². The molecule has 1 fully saturated rings. The maximum Gasteiger partial charge on any atom is 0.217 e. The van der Waals surface area contributed by atoms with Crippen LogP contribution < -0.4 is 5.32 Å². The summed E-state index contributed by atoms with van der Waals surface area (Å²) < 4.78 is 0. The number of piperidine rings is 1. The van der Waals surface area contributed by atoms with Crippen molar-refractivity contribution in [3.8, 4) is 5.75 Å². The van der Waals surface area contributed by atoms with Crippen molar-refractivity contribution in [1.29, 1.82) is 0 Å². The van der Waals surface area contributed by atoms with Gasteiger partial charge in [0.1, 0.15) is 5.75 Å². The van der Waals surface area contributed by atoms with Crippen LogP contribution in [0.1, 0.15) is 38.3 Å². The smallest absolute Gasteiger partial charge is 0.217 e. The molecule has 1 heterocycles. The van der Waals surface area contributed by atoms with Crippen molar-refractivity contribution in [2.45, 2.75) is 38.8 Å². The molecular weight excluding hydrogens is 276 g/mol. The van der Waals surface area contributed by atoms with Crippen LogP contribution in [-0.4, -0.2) is 35.0 Å². The highest BCUT2D eigenvalue weighted by Crippen LogP contribution is 2.32. The van der Waals surface area contributed by atoms with Gasteiger partial charge < -0.3 is 10.4 Å². The highest BCUT2D eigenvalue weighted by molar-refractivity contribution is 6.30. The molecule has 0 bridgehead atoms. The number of phenols is 1. The normalized spacial score (nSPS) is 18.8. The molecule has 20 heavy (non-hydrogen) atoms. The van der Waals surface area contributed by atoms with Crippen molar-refractivity contribution in [2.75, 3.05) is 13.1 Å². The summed E-state index contributed by atoms with van der Waals surface area (Å²) in [6, 6.07) is 5.53. The number of hydrogen-bond donors (Lipinski definition) is 2. The monoisotopic (exact) mass is 296 g/mol. The Kier molecular flexibility index (Phi) is 4.89. The zero-order valence-electron chi connectivity index (χ0n) is 11.9. The summed E-state index contributed by atoms with van der Waals surface area (Å²) >= 11 is 6.00. The molecule has 0 aromatic heterocycles. The van der Waals surface area contributed by atoms with Gasteiger partial charge in [0.2, 0.25) is 5.91 Å². The van der Waals surface area contributed by atoms with Crippen molar-refractivity contribution >= 4 is 17.5 Å². The van der Waals surface area contributed by atoms with E-state index in [2.05, 4.69) is 17.1 Å². The highest BCUT2D eigenvalue weighted by Gasteiger charge is 2.25. The lowest BCUT2D eigenvalue weighted by atomic mass is 9.99. The number of phenolic OH excluding ortho intramolecular Hbond substituents is 1. The Hall–Kier alpha value is -1.26. The summed E-state index contributed by atoms with van der Waals surface area (Å²) in [4.78, 5) is 13.4. The molecule has 1 aromatic rings. The molecule has 0 radical (unpaired) electrons. The van der Waals surface area contributed by atoms with Gasteiger partial charge in [-0.15, -0.1) is 0 Å². The number of likely N-dealkylation sites (tertiary alicyclic amines) is 1. The highest BCUT2D eigenvalue weighted by atomic mass is 35.5. The predicted molar refractivity (Wildman–Crippen MR) is 79.9 cm³/mol. The molecule has 0 saturated carbocycles. The summed E-state index contributed by atoms with van der Waals surface area (Å²) in [5.41, 5.74) is 0.857. The van der Waals surface area contributed by atoms with Gasteiger partial charge in [-0.1, -0.05) is 11.6 Å². The molecule has 1 unspecified atom stereocenters. The van der Waals surface area contributed by atoms with E-state index >= 15 is 0 Å². The fourth-order valence-electron chi connectivity index (χ4n) is 2.78. The molecule has 2 rings (SSSR count). The van der Waals surface area contributed by atoms with Crippen LogP contribution in [0.2, 0.25) is 5.02 Å². The van der Waals surface area contributed by atoms with Crippen LogP contribution in [0.15, 0.2) is 18.2 Å². The van der Waals surface area contributed by atoms with Gasteiger partial charge in [-0.05, 0) is 38.0 Å². The lowest BCUT2D eigenvalue weighted by molar-refractivity contribution is -0.120. The van der Waals surface area contributed by atoms with E-state index in [1.54, 1.807) is 19.1 Å². The molecule has 1 aliphatic heterocycles. The molecule has 5 heteroatoms. The number of nitrogens with one attached hydrogen (secondary N) is 1. The number of rotatable bonds is 3. The summed E-state index contributed by atoms with van der Waals surface area (Å²) in [7, 11) is 0. The average molecular weight is 297 g/mol. The standard InChI is InChI=1S/C15H21ClN2O2/c1-10(14-9-12(16)3-4-15(14)20)18-7-5-13(6-8-18)17-11(2)19/h3-4,9-10,13,20H,5-8H2,1-2H3,(H,17,19). The van der Waals surface area contributed by atoms with Crippen molar-refractivity contribution in [3.63, 3.8) is 0 Å². The SMILES string of the molecule is CC(=O)NC1CCN(C(C)c2cc(Cl)ccc2O)CC1. The number of nitrogens with zero attached hydrogens (tertiary/aromatic N) is 1. The third kappa shape index (κ3) is 3.64. The van der Waals surface area contributed by atoms with E-state index in [0.717, 1.165) is 31.5 Å². The average Bonchev–Trinajstić information content (AvgIpc) is 2.41. The second-order valence-corrected chi connectivity index (χ2v) is 5.83. The minimum Gasteiger partial charge on any atom is -0.508 e. The van der Waals surface area contributed by atoms with Gasteiger partial charge in [0.25, 0.3) is 0 Å². The van der Waals surface area contributed by atoms with Crippen molar-refractivity contribution in [3.05, 3.63) is 28.8 Å². The van der Waals surface area contributed by atoms with E-state index in [1.807, 2.05) is 6.07 Å². The Balaban J connectivity index is 1.99. The first kappa shape index (κ1) is 15.1. The Labute approximate surface area is 124 Å². The van der Waals surface area contributed by atoms with E-state index in [-0.39, 0.29) is 23.7 Å². The second-order valence-electron chi connectivity index (χ2n) is 5.39. The second kappa shape index (κ2) is 6.46. The van der Waals surface area contributed by atoms with Crippen LogP contribution in [0.25, 0.3) is 0 Å². The molecule has 1 aromatic carbocycles. The van der Waals surface area contributed by atoms with Crippen molar-refractivity contribution in [1.82, 2.24) is 10.2 Å². The number of halogens is 1. The number of carbonyl (C=O) groups excluding carboxylic acids is 1. The predicted octanol–water partition coefficient (Wildman–Crippen LogP) is 2.71. The Bertz CT molecular complexity index is 485. The van der Waals surface area contributed by atoms with Gasteiger partial charge in [-0.3, -0.25) is 9.69 Å². The van der Waals surface area contributed by atoms with Crippen LogP contribution in [0.5, 0.6) is 5.75 Å². The Morgan fingerprint density at radius 3 is 2.70 bits per heavy atom. The molecule has 1 saturated heterocycles. The quantitative estimate of drug-likeness (QED) is 0.902. The number of amides is 1. The van der Waals surface area contributed by atoms with Crippen LogP contribution in [0.3, 0.4) is 0 Å². The Morgan fingerprint density at radius 1 is 1.45 bits per heavy atom. The Morgan fingerprint density at radius 2 is 2.10 bits per heavy atom. The minimum atomic E-state index is 0.0315. The number of benzene rings is 1. The fourth-order valence-corrected chi connectivity index (χ4v) is 2.96. The number of carbonyl (C=O) groups is 1. The van der Waals surface area contributed by atoms with Crippen molar-refractivity contribution in [2.24, 2.45) is 0 Å². The topological polar surface area (TPSA) is 52.6 Å². The first-order valence-electron chi connectivity index (χ1n) is 6.97. The summed E-state index contributed by atoms with van der Waals surface area (Å²) in [6.45, 7) is 5.43. The van der Waals surface area contributed by atoms with E-state index in [0.29, 0.717) is 5.02 Å². The summed E-state index contributed by atoms with van der Waals surface area (Å²) in [5.74, 6) is 0.315. The minimum absolute atomic E-state index is 0.0315.